The molecule has 36 heavy (non-hydrogen) atoms. The van der Waals surface area contributed by atoms with Crippen molar-refractivity contribution in [3.63, 3.8) is 0 Å². The normalized spacial score (nSPS) is 12.2. The summed E-state index contributed by atoms with van der Waals surface area (Å²) >= 11 is 3.13. The van der Waals surface area contributed by atoms with E-state index in [-0.39, 0.29) is 5.56 Å². The Hall–Kier alpha value is -3.75. The second-order valence-corrected chi connectivity index (χ2v) is 10.6. The highest BCUT2D eigenvalue weighted by molar-refractivity contribution is 7.14. The lowest BCUT2D eigenvalue weighted by atomic mass is 10.0. The number of para-hydroxylation sites is 1. The predicted octanol–water partition coefficient (Wildman–Crippen LogP) is 6.12. The second-order valence-electron chi connectivity index (χ2n) is 8.77. The standard InChI is InChI=1S/C28H27N5OS2/c1-18-14-19(2)23(20(3)15-18)16-29-32-24(25-12-9-13-35-25)17-36-28(32)30-26-21(4)31(5)33(27(26)34)22-10-7-6-8-11-22/h6-17H,1-5H3. The molecule has 0 aliphatic heterocycles. The lowest BCUT2D eigenvalue weighted by molar-refractivity contribution is 0.630. The third-order valence-electron chi connectivity index (χ3n) is 6.23. The topological polar surface area (TPSA) is 56.6 Å². The van der Waals surface area contributed by atoms with Gasteiger partial charge >= 0.3 is 0 Å². The second kappa shape index (κ2) is 9.72. The number of aryl methyl sites for hydroxylation is 3. The molecule has 0 fully saturated rings. The maximum atomic E-state index is 13.5. The summed E-state index contributed by atoms with van der Waals surface area (Å²) < 4.78 is 5.33. The van der Waals surface area contributed by atoms with Gasteiger partial charge in [0.15, 0.2) is 5.69 Å². The van der Waals surface area contributed by atoms with E-state index in [1.165, 1.54) is 28.0 Å². The highest BCUT2D eigenvalue weighted by Gasteiger charge is 2.17. The van der Waals surface area contributed by atoms with Gasteiger partial charge in [0.05, 0.1) is 28.2 Å². The SMILES string of the molecule is Cc1cc(C)c(C=Nn2c(-c3cccs3)csc2=Nc2c(C)n(C)n(-c3ccccc3)c2=O)c(C)c1. The first-order chi connectivity index (χ1) is 17.3. The predicted molar refractivity (Wildman–Crippen MR) is 150 cm³/mol. The molecule has 8 heteroatoms. The van der Waals surface area contributed by atoms with Crippen molar-refractivity contribution in [1.82, 2.24) is 14.0 Å². The van der Waals surface area contributed by atoms with E-state index in [0.717, 1.165) is 27.5 Å². The number of hydrogen-bond acceptors (Lipinski definition) is 5. The maximum absolute atomic E-state index is 13.5. The van der Waals surface area contributed by atoms with Gasteiger partial charge in [-0.1, -0.05) is 42.0 Å². The Morgan fingerprint density at radius 2 is 1.64 bits per heavy atom. The number of aromatic nitrogens is 3. The molecule has 6 nitrogen and oxygen atoms in total. The van der Waals surface area contributed by atoms with Crippen LogP contribution >= 0.6 is 22.7 Å². The summed E-state index contributed by atoms with van der Waals surface area (Å²) in [6.07, 6.45) is 1.90. The van der Waals surface area contributed by atoms with Crippen LogP contribution in [0.5, 0.6) is 0 Å². The van der Waals surface area contributed by atoms with Gasteiger partial charge in [-0.3, -0.25) is 9.48 Å². The lowest BCUT2D eigenvalue weighted by Crippen LogP contribution is -2.19. The van der Waals surface area contributed by atoms with Crippen LogP contribution in [-0.2, 0) is 7.05 Å². The van der Waals surface area contributed by atoms with E-state index in [1.807, 2.05) is 76.7 Å². The van der Waals surface area contributed by atoms with Crippen LogP contribution in [0.4, 0.5) is 5.69 Å². The van der Waals surface area contributed by atoms with Crippen molar-refractivity contribution in [3.8, 4) is 16.3 Å². The van der Waals surface area contributed by atoms with E-state index in [1.54, 1.807) is 16.0 Å². The summed E-state index contributed by atoms with van der Waals surface area (Å²) in [5.41, 5.74) is 7.46. The van der Waals surface area contributed by atoms with Crippen molar-refractivity contribution in [2.45, 2.75) is 27.7 Å². The average molecular weight is 514 g/mol. The molecule has 3 heterocycles. The fraction of sp³-hybridized carbons (Fsp3) is 0.179. The van der Waals surface area contributed by atoms with Gasteiger partial charge in [-0.05, 0) is 62.4 Å². The van der Waals surface area contributed by atoms with E-state index in [4.69, 9.17) is 10.1 Å². The molecule has 0 saturated carbocycles. The number of benzene rings is 2. The first-order valence-electron chi connectivity index (χ1n) is 11.6. The molecule has 5 rings (SSSR count). The minimum absolute atomic E-state index is 0.159. The third kappa shape index (κ3) is 4.34. The van der Waals surface area contributed by atoms with E-state index in [0.29, 0.717) is 10.5 Å². The van der Waals surface area contributed by atoms with Crippen molar-refractivity contribution >= 4 is 34.6 Å². The first kappa shape index (κ1) is 24.0. The summed E-state index contributed by atoms with van der Waals surface area (Å²) in [6.45, 7) is 8.22. The summed E-state index contributed by atoms with van der Waals surface area (Å²) in [5, 5.41) is 8.98. The van der Waals surface area contributed by atoms with Crippen LogP contribution in [0.2, 0.25) is 0 Å². The van der Waals surface area contributed by atoms with Crippen molar-refractivity contribution < 1.29 is 0 Å². The van der Waals surface area contributed by atoms with Gasteiger partial charge in [0.2, 0.25) is 4.80 Å². The zero-order valence-corrected chi connectivity index (χ0v) is 22.5. The minimum atomic E-state index is -0.159. The molecular weight excluding hydrogens is 486 g/mol. The van der Waals surface area contributed by atoms with Crippen LogP contribution < -0.4 is 10.4 Å². The summed E-state index contributed by atoms with van der Waals surface area (Å²) in [7, 11) is 1.88. The van der Waals surface area contributed by atoms with Crippen molar-refractivity contribution in [2.75, 3.05) is 0 Å². The van der Waals surface area contributed by atoms with E-state index < -0.39 is 0 Å². The molecule has 0 saturated heterocycles. The highest BCUT2D eigenvalue weighted by Crippen LogP contribution is 2.26. The van der Waals surface area contributed by atoms with Crippen molar-refractivity contribution in [2.24, 2.45) is 17.1 Å². The molecule has 0 atom stereocenters. The molecule has 0 bridgehead atoms. The lowest BCUT2D eigenvalue weighted by Gasteiger charge is -2.07. The van der Waals surface area contributed by atoms with Gasteiger partial charge in [0.1, 0.15) is 0 Å². The van der Waals surface area contributed by atoms with Gasteiger partial charge in [-0.25, -0.2) is 14.4 Å². The van der Waals surface area contributed by atoms with E-state index in [2.05, 4.69) is 39.0 Å². The Bertz CT molecular complexity index is 1670. The van der Waals surface area contributed by atoms with Gasteiger partial charge in [-0.2, -0.15) is 5.10 Å². The summed E-state index contributed by atoms with van der Waals surface area (Å²) in [6, 6.07) is 18.0. The molecule has 2 aromatic carbocycles. The Morgan fingerprint density at radius 1 is 0.917 bits per heavy atom. The summed E-state index contributed by atoms with van der Waals surface area (Å²) in [5.74, 6) is 0. The monoisotopic (exact) mass is 513 g/mol. The van der Waals surface area contributed by atoms with Crippen LogP contribution in [0.25, 0.3) is 16.3 Å². The average Bonchev–Trinajstić information content (AvgIpc) is 3.56. The Morgan fingerprint density at radius 3 is 2.31 bits per heavy atom. The van der Waals surface area contributed by atoms with Crippen LogP contribution in [0.3, 0.4) is 0 Å². The fourth-order valence-corrected chi connectivity index (χ4v) is 6.01. The molecule has 0 radical (unpaired) electrons. The van der Waals surface area contributed by atoms with E-state index >= 15 is 0 Å². The molecular formula is C28H27N5OS2. The third-order valence-corrected chi connectivity index (χ3v) is 7.94. The highest BCUT2D eigenvalue weighted by atomic mass is 32.1. The quantitative estimate of drug-likeness (QED) is 0.261. The number of hydrogen-bond donors (Lipinski definition) is 0. The molecule has 182 valence electrons. The van der Waals surface area contributed by atoms with Crippen LogP contribution in [0.1, 0.15) is 27.9 Å². The molecule has 0 aliphatic rings. The molecule has 0 unspecified atom stereocenters. The molecule has 5 aromatic rings. The number of thiophene rings is 1. The smallest absolute Gasteiger partial charge is 0.283 e. The Balaban J connectivity index is 1.70. The van der Waals surface area contributed by atoms with Gasteiger partial charge in [-0.15, -0.1) is 22.7 Å². The van der Waals surface area contributed by atoms with Crippen molar-refractivity contribution in [1.29, 1.82) is 0 Å². The maximum Gasteiger partial charge on any atom is 0.297 e. The van der Waals surface area contributed by atoms with Crippen LogP contribution in [-0.4, -0.2) is 20.3 Å². The first-order valence-corrected chi connectivity index (χ1v) is 13.4. The van der Waals surface area contributed by atoms with Crippen LogP contribution in [0, 0.1) is 27.7 Å². The van der Waals surface area contributed by atoms with E-state index in [9.17, 15) is 4.79 Å². The van der Waals surface area contributed by atoms with Gasteiger partial charge < -0.3 is 0 Å². The fourth-order valence-electron chi connectivity index (χ4n) is 4.37. The van der Waals surface area contributed by atoms with Gasteiger partial charge in [0, 0.05) is 18.0 Å². The Labute approximate surface area is 217 Å². The zero-order valence-electron chi connectivity index (χ0n) is 20.9. The summed E-state index contributed by atoms with van der Waals surface area (Å²) in [4.78, 5) is 20.1. The molecule has 0 N–H and O–H groups in total. The van der Waals surface area contributed by atoms with Gasteiger partial charge in [0.25, 0.3) is 5.56 Å². The number of thiazole rings is 1. The largest absolute Gasteiger partial charge is 0.297 e. The Kier molecular flexibility index (Phi) is 6.47. The molecule has 0 spiro atoms. The molecule has 3 aromatic heterocycles. The number of nitrogens with zero attached hydrogens (tertiary/aromatic N) is 5. The molecule has 0 amide bonds. The minimum Gasteiger partial charge on any atom is -0.283 e. The number of rotatable bonds is 5. The van der Waals surface area contributed by atoms with Crippen molar-refractivity contribution in [3.05, 3.63) is 108 Å². The zero-order chi connectivity index (χ0) is 25.4. The van der Waals surface area contributed by atoms with Crippen LogP contribution in [0.15, 0.2) is 80.2 Å². The molecule has 0 aliphatic carbocycles.